The normalized spacial score (nSPS) is 17.4. The topological polar surface area (TPSA) is 46.6 Å². The fourth-order valence-electron chi connectivity index (χ4n) is 0.687. The van der Waals surface area contributed by atoms with Gasteiger partial charge in [0.2, 0.25) is 0 Å². The van der Waals surface area contributed by atoms with Crippen LogP contribution in [0.5, 0.6) is 0 Å². The Kier molecular flexibility index (Phi) is 1.98. The molecule has 10 heavy (non-hydrogen) atoms. The van der Waals surface area contributed by atoms with E-state index in [0.29, 0.717) is 10.5 Å². The fraction of sp³-hybridized carbons (Fsp3) is 0.200. The SMILES string of the molecule is O=C1C=CC(=O)N1CO[SiH3]. The molecule has 0 N–H and O–H groups in total. The van der Waals surface area contributed by atoms with Crippen molar-refractivity contribution in [3.8, 4) is 0 Å². The number of rotatable bonds is 2. The first kappa shape index (κ1) is 7.17. The summed E-state index contributed by atoms with van der Waals surface area (Å²) < 4.78 is 4.75. The van der Waals surface area contributed by atoms with Crippen LogP contribution in [-0.4, -0.2) is 33.9 Å². The number of hydrogen-bond acceptors (Lipinski definition) is 3. The molecule has 0 unspecified atom stereocenters. The Bertz CT molecular complexity index is 183. The third-order valence-corrected chi connectivity index (χ3v) is 1.42. The number of carbonyl (C=O) groups excluding carboxylic acids is 2. The molecular weight excluding hydrogens is 150 g/mol. The maximum absolute atomic E-state index is 10.7. The molecule has 4 nitrogen and oxygen atoms in total. The standard InChI is InChI=1S/C5H7NO3Si/c7-4-1-2-5(8)6(4)3-9-10/h1-2H,3H2,10H3. The van der Waals surface area contributed by atoms with E-state index in [1.165, 1.54) is 12.2 Å². The van der Waals surface area contributed by atoms with Gasteiger partial charge in [0.15, 0.2) is 0 Å². The van der Waals surface area contributed by atoms with E-state index in [1.54, 1.807) is 0 Å². The highest BCUT2D eigenvalue weighted by Gasteiger charge is 2.21. The molecule has 0 spiro atoms. The molecule has 0 radical (unpaired) electrons. The Morgan fingerprint density at radius 3 is 2.30 bits per heavy atom. The largest absolute Gasteiger partial charge is 0.410 e. The average Bonchev–Trinajstić information content (AvgIpc) is 2.20. The Labute approximate surface area is 61.0 Å². The van der Waals surface area contributed by atoms with Crippen LogP contribution in [0.2, 0.25) is 0 Å². The van der Waals surface area contributed by atoms with Gasteiger partial charge in [0, 0.05) is 12.2 Å². The van der Waals surface area contributed by atoms with Gasteiger partial charge in [-0.3, -0.25) is 14.5 Å². The number of hydrogen-bond donors (Lipinski definition) is 0. The molecule has 0 aromatic carbocycles. The van der Waals surface area contributed by atoms with Crippen molar-refractivity contribution < 1.29 is 14.0 Å². The van der Waals surface area contributed by atoms with Crippen molar-refractivity contribution in [2.24, 2.45) is 0 Å². The Balaban J connectivity index is 2.60. The maximum atomic E-state index is 10.7. The molecule has 1 aliphatic rings. The van der Waals surface area contributed by atoms with E-state index in [0.717, 1.165) is 4.90 Å². The van der Waals surface area contributed by atoms with Crippen LogP contribution in [-0.2, 0) is 14.0 Å². The molecule has 0 atom stereocenters. The minimum atomic E-state index is -0.291. The first-order chi connectivity index (χ1) is 4.75. The molecule has 0 aromatic rings. The van der Waals surface area contributed by atoms with Crippen LogP contribution in [0.3, 0.4) is 0 Å². The lowest BCUT2D eigenvalue weighted by Gasteiger charge is -2.11. The van der Waals surface area contributed by atoms with Crippen molar-refractivity contribution in [3.05, 3.63) is 12.2 Å². The van der Waals surface area contributed by atoms with Crippen molar-refractivity contribution in [2.45, 2.75) is 0 Å². The molecule has 0 aromatic heterocycles. The van der Waals surface area contributed by atoms with Gasteiger partial charge >= 0.3 is 0 Å². The quantitative estimate of drug-likeness (QED) is 0.350. The van der Waals surface area contributed by atoms with Crippen molar-refractivity contribution in [3.63, 3.8) is 0 Å². The second-order valence-electron chi connectivity index (χ2n) is 1.86. The zero-order valence-corrected chi connectivity index (χ0v) is 7.53. The van der Waals surface area contributed by atoms with Gasteiger partial charge in [0.05, 0.1) is 0 Å². The van der Waals surface area contributed by atoms with E-state index in [2.05, 4.69) is 0 Å². The molecule has 1 aliphatic heterocycles. The van der Waals surface area contributed by atoms with Crippen LogP contribution in [0.4, 0.5) is 0 Å². The van der Waals surface area contributed by atoms with Crippen molar-refractivity contribution >= 4 is 22.3 Å². The Morgan fingerprint density at radius 2 is 1.90 bits per heavy atom. The van der Waals surface area contributed by atoms with E-state index in [9.17, 15) is 9.59 Å². The van der Waals surface area contributed by atoms with Crippen LogP contribution in [0, 0.1) is 0 Å². The van der Waals surface area contributed by atoms with Gasteiger partial charge in [0.25, 0.3) is 11.8 Å². The second kappa shape index (κ2) is 2.76. The number of amides is 2. The van der Waals surface area contributed by atoms with Crippen LogP contribution in [0.25, 0.3) is 0 Å². The first-order valence-corrected chi connectivity index (χ1v) is 3.60. The molecule has 0 aliphatic carbocycles. The number of imide groups is 1. The van der Waals surface area contributed by atoms with E-state index >= 15 is 0 Å². The molecule has 0 saturated carbocycles. The Hall–Kier alpha value is -0.943. The summed E-state index contributed by atoms with van der Waals surface area (Å²) in [5.74, 6) is -0.582. The summed E-state index contributed by atoms with van der Waals surface area (Å²) in [6, 6.07) is 0. The predicted octanol–water partition coefficient (Wildman–Crippen LogP) is -1.83. The molecule has 0 bridgehead atoms. The van der Waals surface area contributed by atoms with Crippen molar-refractivity contribution in [1.82, 2.24) is 4.90 Å². The highest BCUT2D eigenvalue weighted by molar-refractivity contribution is 6.13. The summed E-state index contributed by atoms with van der Waals surface area (Å²) in [7, 11) is 0.532. The van der Waals surface area contributed by atoms with Gasteiger partial charge in [-0.1, -0.05) is 0 Å². The van der Waals surface area contributed by atoms with Gasteiger partial charge in [0.1, 0.15) is 17.2 Å². The molecule has 0 fully saturated rings. The lowest BCUT2D eigenvalue weighted by molar-refractivity contribution is -0.139. The molecule has 1 heterocycles. The van der Waals surface area contributed by atoms with Crippen LogP contribution in [0.15, 0.2) is 12.2 Å². The highest BCUT2D eigenvalue weighted by atomic mass is 28.2. The molecule has 5 heteroatoms. The summed E-state index contributed by atoms with van der Waals surface area (Å²) in [5, 5.41) is 0. The predicted molar refractivity (Wildman–Crippen MR) is 36.9 cm³/mol. The maximum Gasteiger partial charge on any atom is 0.255 e. The zero-order chi connectivity index (χ0) is 7.56. The smallest absolute Gasteiger partial charge is 0.255 e. The minimum Gasteiger partial charge on any atom is -0.410 e. The number of carbonyl (C=O) groups is 2. The van der Waals surface area contributed by atoms with E-state index in [-0.39, 0.29) is 18.5 Å². The van der Waals surface area contributed by atoms with Crippen LogP contribution < -0.4 is 0 Å². The average molecular weight is 157 g/mol. The van der Waals surface area contributed by atoms with Gasteiger partial charge in [-0.2, -0.15) is 0 Å². The summed E-state index contributed by atoms with van der Waals surface area (Å²) in [4.78, 5) is 22.5. The summed E-state index contributed by atoms with van der Waals surface area (Å²) in [5.41, 5.74) is 0. The van der Waals surface area contributed by atoms with E-state index < -0.39 is 0 Å². The van der Waals surface area contributed by atoms with Crippen LogP contribution >= 0.6 is 0 Å². The van der Waals surface area contributed by atoms with Crippen LogP contribution in [0.1, 0.15) is 0 Å². The van der Waals surface area contributed by atoms with Gasteiger partial charge in [-0.05, 0) is 0 Å². The molecule has 2 amide bonds. The molecular formula is C5H7NO3Si. The fourth-order valence-corrected chi connectivity index (χ4v) is 0.946. The van der Waals surface area contributed by atoms with Crippen molar-refractivity contribution in [2.75, 3.05) is 6.73 Å². The zero-order valence-electron chi connectivity index (χ0n) is 5.53. The van der Waals surface area contributed by atoms with Gasteiger partial charge in [-0.25, -0.2) is 0 Å². The highest BCUT2D eigenvalue weighted by Crippen LogP contribution is 2.01. The van der Waals surface area contributed by atoms with Gasteiger partial charge in [-0.15, -0.1) is 0 Å². The summed E-state index contributed by atoms with van der Waals surface area (Å²) >= 11 is 0. The second-order valence-corrected chi connectivity index (χ2v) is 2.43. The monoisotopic (exact) mass is 157 g/mol. The summed E-state index contributed by atoms with van der Waals surface area (Å²) in [6.45, 7) is 0.0941. The van der Waals surface area contributed by atoms with Crippen molar-refractivity contribution in [1.29, 1.82) is 0 Å². The molecule has 54 valence electrons. The Morgan fingerprint density at radius 1 is 1.40 bits per heavy atom. The lowest BCUT2D eigenvalue weighted by Crippen LogP contribution is -2.31. The van der Waals surface area contributed by atoms with E-state index in [1.807, 2.05) is 0 Å². The third-order valence-electron chi connectivity index (χ3n) is 1.16. The molecule has 0 saturated heterocycles. The third kappa shape index (κ3) is 1.14. The lowest BCUT2D eigenvalue weighted by atomic mass is 10.6. The summed E-state index contributed by atoms with van der Waals surface area (Å²) in [6.07, 6.45) is 2.48. The van der Waals surface area contributed by atoms with Gasteiger partial charge < -0.3 is 4.43 Å². The first-order valence-electron chi connectivity index (χ1n) is 2.78. The number of nitrogens with zero attached hydrogens (tertiary/aromatic N) is 1. The molecule has 1 rings (SSSR count). The minimum absolute atomic E-state index is 0.0941. The van der Waals surface area contributed by atoms with E-state index in [4.69, 9.17) is 4.43 Å².